The zero-order chi connectivity index (χ0) is 13.7. The van der Waals surface area contributed by atoms with Crippen LogP contribution < -0.4 is 10.6 Å². The van der Waals surface area contributed by atoms with Crippen LogP contribution in [0.5, 0.6) is 0 Å². The molecule has 1 fully saturated rings. The Kier molecular flexibility index (Phi) is 4.46. The topological polar surface area (TPSA) is 136 Å². The number of amides is 3. The standard InChI is InChI=1S/C9H13N3O6/c13-6-4-12(2-1-10-6)9(18)11-5(8(16)17)3-7(14)15/h5H,1-4H2,(H,10,13)(H,11,18)(H,14,15)(H,16,17)/t5-/m0/s1. The van der Waals surface area contributed by atoms with Crippen LogP contribution in [0.2, 0.25) is 0 Å². The number of nitrogens with one attached hydrogen (secondary N) is 2. The minimum absolute atomic E-state index is 0.175. The molecule has 9 nitrogen and oxygen atoms in total. The number of rotatable bonds is 4. The molecule has 18 heavy (non-hydrogen) atoms. The third-order valence-corrected chi connectivity index (χ3v) is 2.30. The van der Waals surface area contributed by atoms with Crippen LogP contribution in [0.25, 0.3) is 0 Å². The highest BCUT2D eigenvalue weighted by Gasteiger charge is 2.27. The summed E-state index contributed by atoms with van der Waals surface area (Å²) < 4.78 is 0. The minimum atomic E-state index is -1.51. The molecule has 0 radical (unpaired) electrons. The maximum absolute atomic E-state index is 11.6. The Labute approximate surface area is 102 Å². The van der Waals surface area contributed by atoms with Crippen LogP contribution in [0.4, 0.5) is 4.79 Å². The van der Waals surface area contributed by atoms with Crippen LogP contribution in [-0.4, -0.2) is 64.7 Å². The summed E-state index contributed by atoms with van der Waals surface area (Å²) in [6.07, 6.45) is -0.721. The second-order valence-corrected chi connectivity index (χ2v) is 3.71. The lowest BCUT2D eigenvalue weighted by atomic mass is 10.2. The van der Waals surface area contributed by atoms with Gasteiger partial charge in [-0.3, -0.25) is 9.59 Å². The summed E-state index contributed by atoms with van der Waals surface area (Å²) in [7, 11) is 0. The van der Waals surface area contributed by atoms with Crippen LogP contribution in [0, 0.1) is 0 Å². The first-order valence-electron chi connectivity index (χ1n) is 5.17. The maximum Gasteiger partial charge on any atom is 0.326 e. The van der Waals surface area contributed by atoms with Crippen molar-refractivity contribution in [3.05, 3.63) is 0 Å². The molecular formula is C9H13N3O6. The van der Waals surface area contributed by atoms with Gasteiger partial charge >= 0.3 is 18.0 Å². The van der Waals surface area contributed by atoms with Crippen molar-refractivity contribution in [3.63, 3.8) is 0 Å². The molecule has 1 aliphatic rings. The molecule has 0 aromatic rings. The summed E-state index contributed by atoms with van der Waals surface area (Å²) in [4.78, 5) is 44.9. The number of nitrogens with zero attached hydrogens (tertiary/aromatic N) is 1. The second-order valence-electron chi connectivity index (χ2n) is 3.71. The second kappa shape index (κ2) is 5.84. The number of aliphatic carboxylic acids is 2. The van der Waals surface area contributed by atoms with Crippen LogP contribution in [0.15, 0.2) is 0 Å². The van der Waals surface area contributed by atoms with E-state index in [1.54, 1.807) is 0 Å². The van der Waals surface area contributed by atoms with Gasteiger partial charge in [0.25, 0.3) is 0 Å². The van der Waals surface area contributed by atoms with E-state index in [1.165, 1.54) is 0 Å². The Hall–Kier alpha value is -2.32. The number of hydrogen-bond acceptors (Lipinski definition) is 4. The van der Waals surface area contributed by atoms with E-state index in [4.69, 9.17) is 10.2 Å². The van der Waals surface area contributed by atoms with E-state index in [2.05, 4.69) is 10.6 Å². The summed E-state index contributed by atoms with van der Waals surface area (Å²) in [6.45, 7) is 0.352. The van der Waals surface area contributed by atoms with Crippen molar-refractivity contribution in [1.29, 1.82) is 0 Å². The van der Waals surface area contributed by atoms with Crippen LogP contribution in [0.1, 0.15) is 6.42 Å². The van der Waals surface area contributed by atoms with Crippen LogP contribution in [-0.2, 0) is 14.4 Å². The van der Waals surface area contributed by atoms with Crippen molar-refractivity contribution < 1.29 is 29.4 Å². The van der Waals surface area contributed by atoms with Crippen molar-refractivity contribution in [3.8, 4) is 0 Å². The molecular weight excluding hydrogens is 246 g/mol. The predicted molar refractivity (Wildman–Crippen MR) is 56.8 cm³/mol. The first kappa shape index (κ1) is 13.7. The van der Waals surface area contributed by atoms with Gasteiger partial charge in [-0.2, -0.15) is 0 Å². The first-order valence-corrected chi connectivity index (χ1v) is 5.17. The lowest BCUT2D eigenvalue weighted by molar-refractivity contribution is -0.145. The fourth-order valence-corrected chi connectivity index (χ4v) is 1.43. The highest BCUT2D eigenvalue weighted by atomic mass is 16.4. The van der Waals surface area contributed by atoms with Crippen molar-refractivity contribution in [2.24, 2.45) is 0 Å². The van der Waals surface area contributed by atoms with Crippen molar-refractivity contribution >= 4 is 23.9 Å². The minimum Gasteiger partial charge on any atom is -0.481 e. The Balaban J connectivity index is 2.57. The Morgan fingerprint density at radius 1 is 1.39 bits per heavy atom. The average molecular weight is 259 g/mol. The number of urea groups is 1. The number of carbonyl (C=O) groups excluding carboxylic acids is 2. The SMILES string of the molecule is O=C(O)C[C@H](NC(=O)N1CCNC(=O)C1)C(=O)O. The van der Waals surface area contributed by atoms with E-state index in [9.17, 15) is 19.2 Å². The van der Waals surface area contributed by atoms with Gasteiger partial charge in [-0.1, -0.05) is 0 Å². The van der Waals surface area contributed by atoms with Crippen LogP contribution >= 0.6 is 0 Å². The lowest BCUT2D eigenvalue weighted by Gasteiger charge is -2.27. The summed E-state index contributed by atoms with van der Waals surface area (Å²) in [5.41, 5.74) is 0. The zero-order valence-corrected chi connectivity index (χ0v) is 9.38. The van der Waals surface area contributed by atoms with E-state index < -0.39 is 30.4 Å². The monoisotopic (exact) mass is 259 g/mol. The van der Waals surface area contributed by atoms with Gasteiger partial charge in [0.15, 0.2) is 0 Å². The molecule has 0 aliphatic carbocycles. The average Bonchev–Trinajstić information content (AvgIpc) is 2.27. The van der Waals surface area contributed by atoms with Gasteiger partial charge < -0.3 is 25.7 Å². The highest BCUT2D eigenvalue weighted by Crippen LogP contribution is 1.98. The Morgan fingerprint density at radius 3 is 2.56 bits per heavy atom. The molecule has 0 bridgehead atoms. The molecule has 1 heterocycles. The molecule has 0 aromatic carbocycles. The third kappa shape index (κ3) is 3.92. The molecule has 100 valence electrons. The number of hydrogen-bond donors (Lipinski definition) is 4. The van der Waals surface area contributed by atoms with Gasteiger partial charge in [0.1, 0.15) is 12.6 Å². The Bertz CT molecular complexity index is 382. The van der Waals surface area contributed by atoms with Crippen molar-refractivity contribution in [2.75, 3.05) is 19.6 Å². The molecule has 1 saturated heterocycles. The maximum atomic E-state index is 11.6. The summed E-state index contributed by atoms with van der Waals surface area (Å²) in [5, 5.41) is 21.8. The summed E-state index contributed by atoms with van der Waals surface area (Å²) in [6, 6.07) is -2.28. The quantitative estimate of drug-likeness (QED) is 0.463. The summed E-state index contributed by atoms with van der Waals surface area (Å²) >= 11 is 0. The molecule has 0 saturated carbocycles. The normalized spacial score (nSPS) is 16.7. The van der Waals surface area contributed by atoms with Crippen molar-refractivity contribution in [1.82, 2.24) is 15.5 Å². The molecule has 3 amide bonds. The number of carboxylic acids is 2. The fraction of sp³-hybridized carbons (Fsp3) is 0.556. The van der Waals surface area contributed by atoms with Gasteiger partial charge in [-0.25, -0.2) is 9.59 Å². The van der Waals surface area contributed by atoms with Gasteiger partial charge in [0.05, 0.1) is 6.42 Å². The third-order valence-electron chi connectivity index (χ3n) is 2.30. The fourth-order valence-electron chi connectivity index (χ4n) is 1.43. The molecule has 9 heteroatoms. The predicted octanol–water partition coefficient (Wildman–Crippen LogP) is -1.94. The molecule has 1 atom stereocenters. The molecule has 0 spiro atoms. The number of carbonyl (C=O) groups is 4. The highest BCUT2D eigenvalue weighted by molar-refractivity contribution is 5.89. The van der Waals surface area contributed by atoms with Gasteiger partial charge in [-0.05, 0) is 0 Å². The lowest BCUT2D eigenvalue weighted by Crippen LogP contribution is -2.55. The number of piperazine rings is 1. The van der Waals surface area contributed by atoms with E-state index in [0.717, 1.165) is 4.90 Å². The Morgan fingerprint density at radius 2 is 2.06 bits per heavy atom. The van der Waals surface area contributed by atoms with E-state index in [-0.39, 0.29) is 25.5 Å². The zero-order valence-electron chi connectivity index (χ0n) is 9.38. The molecule has 0 unspecified atom stereocenters. The van der Waals surface area contributed by atoms with Gasteiger partial charge in [-0.15, -0.1) is 0 Å². The molecule has 4 N–H and O–H groups in total. The van der Waals surface area contributed by atoms with E-state index in [1.807, 2.05) is 0 Å². The number of carboxylic acid groups (broad SMARTS) is 2. The molecule has 1 aliphatic heterocycles. The first-order chi connectivity index (χ1) is 8.40. The van der Waals surface area contributed by atoms with Gasteiger partial charge in [0, 0.05) is 13.1 Å². The molecule has 1 rings (SSSR count). The van der Waals surface area contributed by atoms with Crippen molar-refractivity contribution in [2.45, 2.75) is 12.5 Å². The largest absolute Gasteiger partial charge is 0.481 e. The smallest absolute Gasteiger partial charge is 0.326 e. The van der Waals surface area contributed by atoms with E-state index in [0.29, 0.717) is 0 Å². The van der Waals surface area contributed by atoms with Crippen LogP contribution in [0.3, 0.4) is 0 Å². The summed E-state index contributed by atoms with van der Waals surface area (Å²) in [5.74, 6) is -3.12. The van der Waals surface area contributed by atoms with E-state index >= 15 is 0 Å². The molecule has 0 aromatic heterocycles. The van der Waals surface area contributed by atoms with Gasteiger partial charge in [0.2, 0.25) is 5.91 Å².